The maximum atomic E-state index is 14.9. The van der Waals surface area contributed by atoms with Crippen molar-refractivity contribution in [2.75, 3.05) is 21.3 Å². The number of hydrogen-bond donors (Lipinski definition) is 10. The number of hydrogen-bond acceptors (Lipinski definition) is 30. The summed E-state index contributed by atoms with van der Waals surface area (Å²) in [7, 11) is -23.5. The zero-order valence-corrected chi connectivity index (χ0v) is 66.4. The zero-order chi connectivity index (χ0) is 77.9. The molecule has 111 heavy (non-hydrogen) atoms. The fourth-order valence-electron chi connectivity index (χ4n) is 12.7. The van der Waals surface area contributed by atoms with Gasteiger partial charge in [-0.2, -0.15) is 42.1 Å². The van der Waals surface area contributed by atoms with Crippen molar-refractivity contribution < 1.29 is 164 Å². The van der Waals surface area contributed by atoms with E-state index in [9.17, 15) is 98.9 Å². The van der Waals surface area contributed by atoms with E-state index in [1.807, 2.05) is 0 Å². The summed E-state index contributed by atoms with van der Waals surface area (Å²) in [5, 5.41) is 23.9. The summed E-state index contributed by atoms with van der Waals surface area (Å²) in [6.45, 7) is 0. The first-order chi connectivity index (χ1) is 51.5. The molecule has 2 radical (unpaired) electrons. The number of benzene rings is 8. The Balaban J connectivity index is 0.00000572. The number of ketones is 4. The standard InChI is InChI=1S/C67H42N12O24S6.2Y/c1-78-44-19-17-38(54-56(44)52(34-13-3-5-15-36(34)62(54)82)58(64(78)84)60(80)30-9-7-11-32(21-30)105(87,88)89)72-41-23-40(46(104-103-102-86)25-47(41)107(93,94)95)74-66-70-28-68-50(76-66)27-51-69-29-71-67(77-51)75-43-24-42(48(108(96,97)98)26-49(43)109(99,100)101)73-39-18-20-45-57-53(35-14-4-6-16-37(35)63(83)55(39)57)59(65(85)79(45)2)61(81)31-10-8-12-33(22-31)106(90,91)92;;/h3-26,72-73,86H,27H2,1-2H3,(H,87,88,89)(H,90,91,92)(H,93,94,95)(H,96,97,98)(H,99,100,101)(H,68,70,74,76)(H,69,71,75,77);;/q-2;;. The first kappa shape index (κ1) is 80.6. The average molecular weight is 1770 g/mol. The third kappa shape index (κ3) is 15.1. The number of rotatable bonds is 22. The van der Waals surface area contributed by atoms with E-state index in [-0.39, 0.29) is 189 Å². The van der Waals surface area contributed by atoms with Gasteiger partial charge in [-0.1, -0.05) is 77.8 Å². The smallest absolute Gasteiger partial charge is 0.296 e. The molecule has 0 saturated carbocycles. The van der Waals surface area contributed by atoms with Crippen molar-refractivity contribution in [1.29, 1.82) is 0 Å². The molecule has 0 saturated heterocycles. The molecule has 558 valence electrons. The Bertz CT molecular complexity index is 6880. The fourth-order valence-corrected chi connectivity index (χ4v) is 16.3. The second-order valence-electron chi connectivity index (χ2n) is 23.8. The van der Waals surface area contributed by atoms with Crippen LogP contribution in [0, 0.1) is 12.7 Å². The molecule has 2 aliphatic carbocycles. The van der Waals surface area contributed by atoms with Crippen molar-refractivity contribution in [3.8, 4) is 22.3 Å². The van der Waals surface area contributed by atoms with E-state index in [0.29, 0.717) is 6.07 Å². The number of carbonyl (C=O) groups is 4. The maximum Gasteiger partial charge on any atom is 0.296 e. The number of carbonyl (C=O) groups excluding carboxylic acids is 4. The minimum atomic E-state index is -5.53. The van der Waals surface area contributed by atoms with Crippen molar-refractivity contribution in [2.24, 2.45) is 14.1 Å². The zero-order valence-electron chi connectivity index (χ0n) is 55.8. The van der Waals surface area contributed by atoms with Crippen LogP contribution in [0.3, 0.4) is 0 Å². The maximum absolute atomic E-state index is 14.9. The van der Waals surface area contributed by atoms with Gasteiger partial charge in [0.25, 0.3) is 61.7 Å². The summed E-state index contributed by atoms with van der Waals surface area (Å²) in [5.74, 6) is -5.03. The van der Waals surface area contributed by atoms with E-state index in [0.717, 1.165) is 63.7 Å². The Morgan fingerprint density at radius 2 is 0.829 bits per heavy atom. The molecular formula is C67H42N12O24S6Y2-2. The normalized spacial score (nSPS) is 12.5. The van der Waals surface area contributed by atoms with Crippen LogP contribution in [0.25, 0.3) is 44.1 Å². The van der Waals surface area contributed by atoms with E-state index < -0.39 is 156 Å². The van der Waals surface area contributed by atoms with E-state index >= 15 is 0 Å². The minimum absolute atomic E-state index is 0. The van der Waals surface area contributed by atoms with Gasteiger partial charge in [0, 0.05) is 154 Å². The third-order valence-corrected chi connectivity index (χ3v) is 22.4. The van der Waals surface area contributed by atoms with Crippen LogP contribution in [0.2, 0.25) is 0 Å². The summed E-state index contributed by atoms with van der Waals surface area (Å²) in [6, 6.07) is 28.2. The molecule has 44 heteroatoms. The summed E-state index contributed by atoms with van der Waals surface area (Å²) >= 11 is 0.176. The minimum Gasteiger partial charge on any atom is -0.377 e. The molecule has 10 N–H and O–H groups in total. The van der Waals surface area contributed by atoms with Crippen molar-refractivity contribution >= 4 is 154 Å². The monoisotopic (exact) mass is 1770 g/mol. The molecule has 0 bridgehead atoms. The number of nitrogens with zero attached hydrogens (tertiary/aromatic N) is 8. The molecule has 4 aromatic heterocycles. The topological polar surface area (TPSA) is 548 Å². The van der Waals surface area contributed by atoms with Gasteiger partial charge in [0.15, 0.2) is 23.1 Å². The van der Waals surface area contributed by atoms with Crippen molar-refractivity contribution in [3.63, 3.8) is 0 Å². The van der Waals surface area contributed by atoms with Crippen LogP contribution in [-0.2, 0) is 146 Å². The van der Waals surface area contributed by atoms with E-state index in [1.54, 1.807) is 0 Å². The van der Waals surface area contributed by atoms with Crippen LogP contribution < -0.4 is 32.4 Å². The van der Waals surface area contributed by atoms with Crippen molar-refractivity contribution in [3.05, 3.63) is 235 Å². The molecule has 0 atom stereocenters. The molecular weight excluding hydrogens is 1730 g/mol. The SMILES string of the molecule is Cn1c(=O)c(C(=O)c2cccc(S(=O)(=O)O)c2)c2c3c(c(Nc4cc(Nc5n[c-]nc(Cc6n[c-]nc(Nc7cc(Nc8ccc9c%10c8C(=O)c8ccccc8-c%10c(C(=O)c8cccc(S(=O)(=O)O)c8)c(=O)n9C)c(S(=O)(=O)O)cc7S(=O)(=O)O)n6)n5)c(SOOO)cc4S(=O)(=O)O)ccc31)C(=O)c1ccccc1-2.[Y].[Y]. The van der Waals surface area contributed by atoms with Gasteiger partial charge in [0.2, 0.25) is 0 Å². The van der Waals surface area contributed by atoms with Crippen molar-refractivity contribution in [2.45, 2.75) is 35.8 Å². The summed E-state index contributed by atoms with van der Waals surface area (Å²) in [4.78, 5) is 107. The molecule has 4 heterocycles. The van der Waals surface area contributed by atoms with Crippen LogP contribution in [-0.4, -0.2) is 132 Å². The van der Waals surface area contributed by atoms with Gasteiger partial charge in [-0.3, -0.25) is 51.5 Å². The van der Waals surface area contributed by atoms with Gasteiger partial charge in [-0.25, -0.2) is 5.26 Å². The van der Waals surface area contributed by atoms with Crippen molar-refractivity contribution in [1.82, 2.24) is 39.0 Å². The molecule has 0 spiro atoms. The van der Waals surface area contributed by atoms with Crippen LogP contribution in [0.4, 0.5) is 46.0 Å². The van der Waals surface area contributed by atoms with E-state index in [2.05, 4.69) is 73.2 Å². The van der Waals surface area contributed by atoms with Gasteiger partial charge in [-0.05, 0) is 90.3 Å². The van der Waals surface area contributed by atoms with Gasteiger partial charge < -0.3 is 60.3 Å². The van der Waals surface area contributed by atoms with Crippen LogP contribution in [0.1, 0.15) is 75.3 Å². The predicted molar refractivity (Wildman–Crippen MR) is 382 cm³/mol. The summed E-state index contributed by atoms with van der Waals surface area (Å²) < 4.78 is 187. The summed E-state index contributed by atoms with van der Waals surface area (Å²) in [5.41, 5.74) is -6.80. The van der Waals surface area contributed by atoms with Crippen LogP contribution in [0.15, 0.2) is 185 Å². The second kappa shape index (κ2) is 30.3. The first-order valence-corrected chi connectivity index (χ1v) is 38.6. The van der Waals surface area contributed by atoms with Gasteiger partial charge >= 0.3 is 0 Å². The van der Waals surface area contributed by atoms with Gasteiger partial charge in [-0.15, -0.1) is 4.33 Å². The third-order valence-electron chi connectivity index (χ3n) is 17.3. The number of aromatic nitrogens is 8. The average Bonchev–Trinajstić information content (AvgIpc) is 0.710. The quantitative estimate of drug-likeness (QED) is 0.00785. The van der Waals surface area contributed by atoms with Crippen LogP contribution in [0.5, 0.6) is 0 Å². The molecule has 0 aliphatic heterocycles. The Labute approximate surface area is 678 Å². The molecule has 8 aromatic carbocycles. The Morgan fingerprint density at radius 3 is 1.23 bits per heavy atom. The number of pyridine rings is 2. The molecule has 0 amide bonds. The number of fused-ring (bicyclic) bond motifs is 4. The van der Waals surface area contributed by atoms with E-state index in [4.69, 9.17) is 0 Å². The fraction of sp³-hybridized carbons (Fsp3) is 0.0448. The largest absolute Gasteiger partial charge is 0.377 e. The number of aryl methyl sites for hydroxylation is 2. The predicted octanol–water partition coefficient (Wildman–Crippen LogP) is 7.47. The molecule has 14 rings (SSSR count). The molecule has 0 fully saturated rings. The second-order valence-corrected chi connectivity index (χ2v) is 31.5. The van der Waals surface area contributed by atoms with E-state index in [1.165, 1.54) is 99.0 Å². The molecule has 12 aromatic rings. The molecule has 0 unspecified atom stereocenters. The molecule has 2 aliphatic rings. The number of anilines is 8. The van der Waals surface area contributed by atoms with Gasteiger partial charge in [0.05, 0.1) is 88.5 Å². The van der Waals surface area contributed by atoms with Crippen LogP contribution >= 0.6 is 12.0 Å². The Kier molecular flexibility index (Phi) is 22.0. The van der Waals surface area contributed by atoms with Gasteiger partial charge in [0.1, 0.15) is 26.6 Å². The summed E-state index contributed by atoms with van der Waals surface area (Å²) in [6.07, 6.45) is 4.14. The Hall–Kier alpha value is -9.93. The molecule has 36 nitrogen and oxygen atoms in total. The number of nitrogens with one attached hydrogen (secondary N) is 4. The Morgan fingerprint density at radius 1 is 0.441 bits per heavy atom. The first-order valence-electron chi connectivity index (χ1n) is 30.7.